The zero-order valence-corrected chi connectivity index (χ0v) is 14.7. The number of alkyl halides is 3. The molecule has 8 heteroatoms. The van der Waals surface area contributed by atoms with Crippen molar-refractivity contribution in [3.63, 3.8) is 0 Å². The second-order valence-corrected chi connectivity index (χ2v) is 7.15. The zero-order chi connectivity index (χ0) is 18.8. The number of nitrogen functional groups attached to an aromatic ring is 1. The molecule has 0 radical (unpaired) electrons. The number of hydrogen-bond acceptors (Lipinski definition) is 4. The minimum absolute atomic E-state index is 0.129. The molecule has 25 heavy (non-hydrogen) atoms. The van der Waals surface area contributed by atoms with Gasteiger partial charge in [0.2, 0.25) is 0 Å². The molecule has 1 aromatic rings. The van der Waals surface area contributed by atoms with Crippen molar-refractivity contribution in [1.29, 1.82) is 0 Å². The van der Waals surface area contributed by atoms with E-state index in [1.54, 1.807) is 4.90 Å². The highest BCUT2D eigenvalue weighted by molar-refractivity contribution is 5.68. The Bertz CT molecular complexity index is 619. The van der Waals surface area contributed by atoms with Crippen LogP contribution in [0.1, 0.15) is 31.9 Å². The summed E-state index contributed by atoms with van der Waals surface area (Å²) in [6.45, 7) is 8.13. The van der Waals surface area contributed by atoms with Gasteiger partial charge in [0.05, 0.1) is 5.56 Å². The SMILES string of the molecule is CC(C)(C)OC(=O)N1CCN(Cc2ccc(C(F)(F)F)cc2N)CC1. The summed E-state index contributed by atoms with van der Waals surface area (Å²) in [5.74, 6) is 0. The molecule has 1 fully saturated rings. The summed E-state index contributed by atoms with van der Waals surface area (Å²) in [4.78, 5) is 15.7. The van der Waals surface area contributed by atoms with E-state index in [0.29, 0.717) is 38.3 Å². The van der Waals surface area contributed by atoms with E-state index >= 15 is 0 Å². The van der Waals surface area contributed by atoms with E-state index < -0.39 is 17.3 Å². The Balaban J connectivity index is 1.91. The molecule has 0 saturated carbocycles. The molecule has 0 unspecified atom stereocenters. The molecule has 0 spiro atoms. The number of hydrogen-bond donors (Lipinski definition) is 1. The molecular formula is C17H24F3N3O2. The van der Waals surface area contributed by atoms with E-state index in [2.05, 4.69) is 4.90 Å². The van der Waals surface area contributed by atoms with Gasteiger partial charge in [-0.15, -0.1) is 0 Å². The Morgan fingerprint density at radius 2 is 1.76 bits per heavy atom. The van der Waals surface area contributed by atoms with Gasteiger partial charge in [0.1, 0.15) is 5.60 Å². The van der Waals surface area contributed by atoms with Gasteiger partial charge in [-0.05, 0) is 38.5 Å². The normalized spacial score (nSPS) is 16.8. The maximum Gasteiger partial charge on any atom is 0.416 e. The number of carbonyl (C=O) groups excluding carboxylic acids is 1. The first-order chi connectivity index (χ1) is 11.5. The van der Waals surface area contributed by atoms with Crippen molar-refractivity contribution in [2.24, 2.45) is 0 Å². The highest BCUT2D eigenvalue weighted by Gasteiger charge is 2.31. The number of rotatable bonds is 2. The molecule has 0 bridgehead atoms. The molecule has 1 aromatic carbocycles. The van der Waals surface area contributed by atoms with Crippen molar-refractivity contribution < 1.29 is 22.7 Å². The molecule has 1 heterocycles. The molecule has 140 valence electrons. The van der Waals surface area contributed by atoms with Crippen molar-refractivity contribution in [1.82, 2.24) is 9.80 Å². The van der Waals surface area contributed by atoms with Crippen LogP contribution in [0.25, 0.3) is 0 Å². The number of anilines is 1. The van der Waals surface area contributed by atoms with E-state index in [4.69, 9.17) is 10.5 Å². The third-order valence-corrected chi connectivity index (χ3v) is 3.89. The van der Waals surface area contributed by atoms with Crippen molar-refractivity contribution in [3.05, 3.63) is 29.3 Å². The standard InChI is InChI=1S/C17H24F3N3O2/c1-16(2,3)25-15(24)23-8-6-22(7-9-23)11-12-4-5-13(10-14(12)21)17(18,19)20/h4-5,10H,6-9,11,21H2,1-3H3. The first kappa shape index (κ1) is 19.4. The minimum atomic E-state index is -4.40. The molecule has 1 amide bonds. The minimum Gasteiger partial charge on any atom is -0.444 e. The van der Waals surface area contributed by atoms with Crippen LogP contribution in [0.15, 0.2) is 18.2 Å². The number of nitrogens with two attached hydrogens (primary N) is 1. The second-order valence-electron chi connectivity index (χ2n) is 7.15. The van der Waals surface area contributed by atoms with Crippen molar-refractivity contribution in [2.45, 2.75) is 39.1 Å². The van der Waals surface area contributed by atoms with Crippen molar-refractivity contribution >= 4 is 11.8 Å². The molecule has 1 aliphatic rings. The lowest BCUT2D eigenvalue weighted by Gasteiger charge is -2.35. The number of ether oxygens (including phenoxy) is 1. The van der Waals surface area contributed by atoms with E-state index in [-0.39, 0.29) is 11.8 Å². The summed E-state index contributed by atoms with van der Waals surface area (Å²) in [6, 6.07) is 3.42. The first-order valence-corrected chi connectivity index (χ1v) is 8.11. The third kappa shape index (κ3) is 5.52. The summed E-state index contributed by atoms with van der Waals surface area (Å²) in [7, 11) is 0. The lowest BCUT2D eigenvalue weighted by Crippen LogP contribution is -2.49. The summed E-state index contributed by atoms with van der Waals surface area (Å²) >= 11 is 0. The lowest BCUT2D eigenvalue weighted by molar-refractivity contribution is -0.137. The van der Waals surface area contributed by atoms with Crippen LogP contribution in [-0.2, 0) is 17.5 Å². The highest BCUT2D eigenvalue weighted by atomic mass is 19.4. The molecule has 0 atom stereocenters. The van der Waals surface area contributed by atoms with Crippen LogP contribution in [0, 0.1) is 0 Å². The van der Waals surface area contributed by atoms with Gasteiger partial charge in [-0.1, -0.05) is 6.07 Å². The van der Waals surface area contributed by atoms with Gasteiger partial charge in [-0.2, -0.15) is 13.2 Å². The maximum atomic E-state index is 12.7. The fraction of sp³-hybridized carbons (Fsp3) is 0.588. The fourth-order valence-corrected chi connectivity index (χ4v) is 2.57. The van der Waals surface area contributed by atoms with Crippen LogP contribution in [0.3, 0.4) is 0 Å². The summed E-state index contributed by atoms with van der Waals surface area (Å²) in [5, 5.41) is 0. The Labute approximate surface area is 145 Å². The van der Waals surface area contributed by atoms with Gasteiger partial charge in [0.15, 0.2) is 0 Å². The smallest absolute Gasteiger partial charge is 0.416 e. The van der Waals surface area contributed by atoms with Gasteiger partial charge < -0.3 is 15.4 Å². The highest BCUT2D eigenvalue weighted by Crippen LogP contribution is 2.31. The maximum absolute atomic E-state index is 12.7. The largest absolute Gasteiger partial charge is 0.444 e. The van der Waals surface area contributed by atoms with Crippen LogP contribution >= 0.6 is 0 Å². The number of halogens is 3. The number of piperazine rings is 1. The number of carbonyl (C=O) groups is 1. The topological polar surface area (TPSA) is 58.8 Å². The zero-order valence-electron chi connectivity index (χ0n) is 14.7. The first-order valence-electron chi connectivity index (χ1n) is 8.11. The van der Waals surface area contributed by atoms with Gasteiger partial charge in [-0.25, -0.2) is 4.79 Å². The quantitative estimate of drug-likeness (QED) is 0.823. The van der Waals surface area contributed by atoms with Crippen LogP contribution in [0.2, 0.25) is 0 Å². The Morgan fingerprint density at radius 1 is 1.16 bits per heavy atom. The number of nitrogens with zero attached hydrogens (tertiary/aromatic N) is 2. The van der Waals surface area contributed by atoms with Crippen molar-refractivity contribution in [3.8, 4) is 0 Å². The predicted octanol–water partition coefficient (Wildman–Crippen LogP) is 3.34. The van der Waals surface area contributed by atoms with Crippen LogP contribution < -0.4 is 5.73 Å². The Hall–Kier alpha value is -1.96. The Morgan fingerprint density at radius 3 is 2.24 bits per heavy atom. The molecule has 0 aliphatic carbocycles. The van der Waals surface area contributed by atoms with E-state index in [9.17, 15) is 18.0 Å². The average molecular weight is 359 g/mol. The third-order valence-electron chi connectivity index (χ3n) is 3.89. The predicted molar refractivity (Wildman–Crippen MR) is 88.9 cm³/mol. The van der Waals surface area contributed by atoms with Gasteiger partial charge >= 0.3 is 12.3 Å². The van der Waals surface area contributed by atoms with Gasteiger partial charge in [0.25, 0.3) is 0 Å². The monoisotopic (exact) mass is 359 g/mol. The molecule has 5 nitrogen and oxygen atoms in total. The molecule has 2 N–H and O–H groups in total. The van der Waals surface area contributed by atoms with Crippen LogP contribution in [-0.4, -0.2) is 47.7 Å². The van der Waals surface area contributed by atoms with Crippen molar-refractivity contribution in [2.75, 3.05) is 31.9 Å². The summed E-state index contributed by atoms with van der Waals surface area (Å²) in [5.41, 5.74) is 5.26. The molecular weight excluding hydrogens is 335 g/mol. The van der Waals surface area contributed by atoms with E-state index in [1.807, 2.05) is 20.8 Å². The fourth-order valence-electron chi connectivity index (χ4n) is 2.57. The van der Waals surface area contributed by atoms with Gasteiger partial charge in [0, 0.05) is 38.4 Å². The number of benzene rings is 1. The molecule has 2 rings (SSSR count). The van der Waals surface area contributed by atoms with Gasteiger partial charge in [-0.3, -0.25) is 4.90 Å². The molecule has 1 aliphatic heterocycles. The second kappa shape index (κ2) is 7.11. The Kier molecular flexibility index (Phi) is 5.51. The molecule has 1 saturated heterocycles. The summed E-state index contributed by atoms with van der Waals surface area (Å²) < 4.78 is 43.4. The lowest BCUT2D eigenvalue weighted by atomic mass is 10.1. The average Bonchev–Trinajstić information content (AvgIpc) is 2.47. The van der Waals surface area contributed by atoms with Crippen LogP contribution in [0.5, 0.6) is 0 Å². The van der Waals surface area contributed by atoms with E-state index in [0.717, 1.165) is 12.1 Å². The summed E-state index contributed by atoms with van der Waals surface area (Å²) in [6.07, 6.45) is -4.74. The van der Waals surface area contributed by atoms with Crippen LogP contribution in [0.4, 0.5) is 23.7 Å². The molecule has 0 aromatic heterocycles. The number of amides is 1. The van der Waals surface area contributed by atoms with E-state index in [1.165, 1.54) is 6.07 Å².